The number of carbonyl (C=O) groups is 4. The minimum atomic E-state index is -0.771. The van der Waals surface area contributed by atoms with Gasteiger partial charge in [0.2, 0.25) is 18.0 Å². The quantitative estimate of drug-likeness (QED) is 0.0915. The summed E-state index contributed by atoms with van der Waals surface area (Å²) in [6.45, 7) is 8.78. The van der Waals surface area contributed by atoms with Crippen molar-refractivity contribution >= 4 is 86.7 Å². The van der Waals surface area contributed by atoms with Gasteiger partial charge in [0.05, 0.1) is 83.9 Å². The number of aromatic nitrogens is 5. The molecule has 408 valence electrons. The van der Waals surface area contributed by atoms with Gasteiger partial charge in [0.1, 0.15) is 35.3 Å². The molecule has 4 aromatic heterocycles. The van der Waals surface area contributed by atoms with Crippen LogP contribution in [0.4, 0.5) is 14.0 Å². The van der Waals surface area contributed by atoms with Crippen LogP contribution < -0.4 is 15.4 Å². The predicted octanol–water partition coefficient (Wildman–Crippen LogP) is 10.1. The van der Waals surface area contributed by atoms with Gasteiger partial charge < -0.3 is 49.3 Å². The van der Waals surface area contributed by atoms with Gasteiger partial charge in [-0.15, -0.1) is 11.3 Å². The maximum Gasteiger partial charge on any atom is 0.407 e. The lowest BCUT2D eigenvalue weighted by molar-refractivity contribution is -0.138. The fourth-order valence-corrected chi connectivity index (χ4v) is 12.9. The van der Waals surface area contributed by atoms with Crippen molar-refractivity contribution in [3.05, 3.63) is 88.1 Å². The van der Waals surface area contributed by atoms with Crippen LogP contribution in [-0.2, 0) is 23.8 Å². The van der Waals surface area contributed by atoms with Gasteiger partial charge >= 0.3 is 12.2 Å². The summed E-state index contributed by atoms with van der Waals surface area (Å²) < 4.78 is 41.8. The summed E-state index contributed by atoms with van der Waals surface area (Å²) in [5.74, 6) is 1.08. The van der Waals surface area contributed by atoms with E-state index in [9.17, 15) is 19.2 Å². The molecule has 8 atom stereocenters. The molecule has 22 heteroatoms. The Kier molecular flexibility index (Phi) is 17.2. The molecule has 76 heavy (non-hydrogen) atoms. The summed E-state index contributed by atoms with van der Waals surface area (Å²) in [5, 5.41) is 6.45. The number of fused-ring (bicyclic) bond motifs is 5. The van der Waals surface area contributed by atoms with Gasteiger partial charge in [0.25, 0.3) is 0 Å². The van der Waals surface area contributed by atoms with Crippen LogP contribution in [0.15, 0.2) is 60.9 Å². The molecule has 4 N–H and O–H groups in total. The first-order chi connectivity index (χ1) is 35.3. The summed E-state index contributed by atoms with van der Waals surface area (Å²) in [4.78, 5) is 75.5. The molecule has 3 unspecified atom stereocenters. The summed E-state index contributed by atoms with van der Waals surface area (Å²) in [5.41, 5.74) is 4.69. The van der Waals surface area contributed by atoms with Crippen molar-refractivity contribution in [3.63, 3.8) is 0 Å². The molecule has 1 saturated carbocycles. The van der Waals surface area contributed by atoms with E-state index in [0.29, 0.717) is 84.6 Å². The first-order valence-electron chi connectivity index (χ1n) is 25.6. The maximum absolute atomic E-state index is 17.0. The number of H-pyrrole nitrogens is 2. The van der Waals surface area contributed by atoms with Gasteiger partial charge in [-0.1, -0.05) is 19.9 Å². The second-order valence-corrected chi connectivity index (χ2v) is 21.8. The number of imidazole rings is 2. The largest absolute Gasteiger partial charge is 0.464 e. The van der Waals surface area contributed by atoms with E-state index in [2.05, 4.69) is 43.4 Å². The Labute approximate surface area is 466 Å². The van der Waals surface area contributed by atoms with Gasteiger partial charge in [-0.05, 0) is 125 Å². The Morgan fingerprint density at radius 2 is 1.37 bits per heavy atom. The van der Waals surface area contributed by atoms with Gasteiger partial charge in [-0.2, -0.15) is 40.5 Å². The molecule has 17 nitrogen and oxygen atoms in total. The number of aromatic amines is 2. The molecule has 0 bridgehead atoms. The maximum atomic E-state index is 17.0. The molecular formula is C54H68FN9O8S4. The number of benzene rings is 2. The van der Waals surface area contributed by atoms with E-state index >= 15 is 4.39 Å². The second kappa shape index (κ2) is 23.1. The standard InChI is InChI=1S/C54H62FN9O8S.3H2S/c1-27(2)46(60-53(67)69-5)50(65)62-17-7-9-39(62)49-57-26-37(59-49)32-22-35(55)45-41-23-33-21-31(13-14-38(33)64(41)52(72-42(45)24-32)44-16-15-43(73-44)30-11-12-30)36-25-56-48(58-36)40-10-8-18-63(40)51(66)47(61-54(68)70-6)34-19-28(3)71-29(4)20-34;;;/h13-16,21-30,34,39-40,46-47,52H,7-12,17-20H2,1-6H3,(H,56,58)(H,57,59)(H,60,67)(H,61,68);3*1H2/t28-,29+,34?,39-,40-,46-,47?,52?;;;/m0.../s1. The van der Waals surface area contributed by atoms with Crippen molar-refractivity contribution in [2.45, 2.75) is 128 Å². The number of ether oxygens (including phenoxy) is 4. The van der Waals surface area contributed by atoms with E-state index in [-0.39, 0.29) is 88.4 Å². The Morgan fingerprint density at radius 3 is 1.99 bits per heavy atom. The molecule has 0 radical (unpaired) electrons. The first kappa shape index (κ1) is 56.5. The van der Waals surface area contributed by atoms with Crippen LogP contribution in [0.2, 0.25) is 0 Å². The van der Waals surface area contributed by atoms with Crippen LogP contribution in [-0.4, -0.2) is 110 Å². The summed E-state index contributed by atoms with van der Waals surface area (Å²) in [6, 6.07) is 13.6. The Morgan fingerprint density at radius 1 is 0.763 bits per heavy atom. The van der Waals surface area contributed by atoms with Crippen LogP contribution >= 0.6 is 51.8 Å². The van der Waals surface area contributed by atoms with Gasteiger partial charge in [0, 0.05) is 34.5 Å². The lowest BCUT2D eigenvalue weighted by atomic mass is 9.85. The number of nitrogens with one attached hydrogen (secondary N) is 4. The van der Waals surface area contributed by atoms with Crippen LogP contribution in [0.1, 0.15) is 125 Å². The van der Waals surface area contributed by atoms with Crippen molar-refractivity contribution in [2.75, 3.05) is 27.3 Å². The lowest BCUT2D eigenvalue weighted by Gasteiger charge is -2.38. The minimum absolute atomic E-state index is 0. The zero-order valence-electron chi connectivity index (χ0n) is 43.4. The molecule has 5 aliphatic rings. The van der Waals surface area contributed by atoms with Gasteiger partial charge in [-0.25, -0.2) is 23.9 Å². The molecule has 4 aliphatic heterocycles. The number of methoxy groups -OCH3 is 2. The van der Waals surface area contributed by atoms with Crippen LogP contribution in [0.5, 0.6) is 5.75 Å². The molecule has 4 fully saturated rings. The minimum Gasteiger partial charge on any atom is -0.464 e. The third kappa shape index (κ3) is 10.8. The molecular weight excluding hydrogens is 1050 g/mol. The second-order valence-electron chi connectivity index (χ2n) is 20.7. The lowest BCUT2D eigenvalue weighted by Crippen LogP contribution is -2.54. The van der Waals surface area contributed by atoms with E-state index < -0.39 is 36.3 Å². The number of amides is 4. The van der Waals surface area contributed by atoms with Crippen LogP contribution in [0.3, 0.4) is 0 Å². The number of nitrogens with zero attached hydrogens (tertiary/aromatic N) is 5. The zero-order chi connectivity index (χ0) is 50.8. The van der Waals surface area contributed by atoms with Crippen molar-refractivity contribution in [2.24, 2.45) is 11.8 Å². The Bertz CT molecular complexity index is 3090. The highest BCUT2D eigenvalue weighted by Gasteiger charge is 2.43. The number of carbonyl (C=O) groups excluding carboxylic acids is 4. The Balaban J connectivity index is 0.00000255. The predicted molar refractivity (Wildman–Crippen MR) is 302 cm³/mol. The number of hydrogen-bond donors (Lipinski definition) is 4. The molecule has 3 saturated heterocycles. The highest BCUT2D eigenvalue weighted by atomic mass is 32.1. The van der Waals surface area contributed by atoms with Crippen molar-refractivity contribution in [1.29, 1.82) is 0 Å². The summed E-state index contributed by atoms with van der Waals surface area (Å²) >= 11 is 1.73. The molecule has 6 aromatic rings. The summed E-state index contributed by atoms with van der Waals surface area (Å²) in [7, 11) is 2.57. The van der Waals surface area contributed by atoms with Crippen LogP contribution in [0, 0.1) is 17.7 Å². The highest BCUT2D eigenvalue weighted by Crippen LogP contribution is 2.50. The van der Waals surface area contributed by atoms with Crippen molar-refractivity contribution < 1.29 is 42.5 Å². The normalized spacial score (nSPS) is 22.5. The van der Waals surface area contributed by atoms with E-state index in [1.807, 2.05) is 56.9 Å². The third-order valence-corrected chi connectivity index (χ3v) is 16.6. The number of thiophene rings is 1. The fraction of sp³-hybridized carbons (Fsp3) is 0.481. The Hall–Kier alpha value is -5.68. The fourth-order valence-electron chi connectivity index (χ4n) is 11.7. The number of alkyl carbamates (subject to hydrolysis) is 2. The van der Waals surface area contributed by atoms with Gasteiger partial charge in [-0.3, -0.25) is 14.2 Å². The van der Waals surface area contributed by atoms with E-state index in [1.165, 1.54) is 25.2 Å². The molecule has 2 aromatic carbocycles. The average molecular weight is 1120 g/mol. The van der Waals surface area contributed by atoms with Crippen molar-refractivity contribution in [1.82, 2.24) is 44.9 Å². The summed E-state index contributed by atoms with van der Waals surface area (Å²) in [6.07, 6.45) is 8.02. The zero-order valence-corrected chi connectivity index (χ0v) is 47.2. The molecule has 4 amide bonds. The highest BCUT2D eigenvalue weighted by molar-refractivity contribution is 7.59. The van der Waals surface area contributed by atoms with Gasteiger partial charge in [0.15, 0.2) is 0 Å². The third-order valence-electron chi connectivity index (χ3n) is 15.3. The van der Waals surface area contributed by atoms with Crippen molar-refractivity contribution in [3.8, 4) is 39.5 Å². The SMILES string of the molecule is COC(=O)NC(C(=O)N1CCC[C@H]1c1ncc(-c2ccc3c(c2)cc2n3C(c3ccc(C4CC4)s3)Oc3cc(-c4cnc([C@@H]5CCCN5C(=O)[C@@H](NC(=O)OC)C(C)C)[nH]4)cc(F)c3-2)[nH]1)C1C[C@@H](C)O[C@@H](C)C1.S.S.S. The number of likely N-dealkylation sites (tertiary alicyclic amines) is 2. The number of halogens is 1. The van der Waals surface area contributed by atoms with E-state index in [1.54, 1.807) is 28.6 Å². The monoisotopic (exact) mass is 1120 g/mol. The topological polar surface area (TPSA) is 198 Å². The first-order valence-corrected chi connectivity index (χ1v) is 26.4. The van der Waals surface area contributed by atoms with Crippen LogP contribution in [0.25, 0.3) is 44.7 Å². The molecule has 8 heterocycles. The number of hydrogen-bond acceptors (Lipinski definition) is 11. The smallest absolute Gasteiger partial charge is 0.407 e. The van der Waals surface area contributed by atoms with E-state index in [0.717, 1.165) is 52.7 Å². The van der Waals surface area contributed by atoms with E-state index in [4.69, 9.17) is 28.9 Å². The molecule has 11 rings (SSSR count). The number of rotatable bonds is 12. The average Bonchev–Trinajstić information content (AvgIpc) is 4.11. The molecule has 0 spiro atoms. The molecule has 1 aliphatic carbocycles.